The molecule has 2 aromatic rings. The van der Waals surface area contributed by atoms with Crippen LogP contribution in [0.4, 0.5) is 0 Å². The van der Waals surface area contributed by atoms with E-state index in [1.165, 1.54) is 0 Å². The van der Waals surface area contributed by atoms with E-state index < -0.39 is 0 Å². The van der Waals surface area contributed by atoms with Crippen LogP contribution in [0, 0.1) is 0 Å². The summed E-state index contributed by atoms with van der Waals surface area (Å²) in [7, 11) is 0. The van der Waals surface area contributed by atoms with E-state index in [1.54, 1.807) is 6.26 Å². The maximum absolute atomic E-state index is 5.33. The Bertz CT molecular complexity index is 486. The quantitative estimate of drug-likeness (QED) is 0.746. The molecule has 2 aromatic heterocycles. The normalized spacial score (nSPS) is 11.8. The van der Waals surface area contributed by atoms with Crippen molar-refractivity contribution in [1.82, 2.24) is 9.97 Å². The number of nitrogens with zero attached hydrogens (tertiary/aromatic N) is 2. The smallest absolute Gasteiger partial charge is 0.152 e. The highest BCUT2D eigenvalue weighted by Crippen LogP contribution is 2.25. The molecule has 0 aromatic carbocycles. The third kappa shape index (κ3) is 2.32. The van der Waals surface area contributed by atoms with Gasteiger partial charge in [-0.25, -0.2) is 9.97 Å². The second-order valence-electron chi connectivity index (χ2n) is 4.63. The molecule has 0 radical (unpaired) electrons. The van der Waals surface area contributed by atoms with Gasteiger partial charge >= 0.3 is 0 Å². The lowest BCUT2D eigenvalue weighted by atomic mass is 9.95. The van der Waals surface area contributed by atoms with Crippen LogP contribution in [0.3, 0.4) is 0 Å². The predicted octanol–water partition coefficient (Wildman–Crippen LogP) is 3.80. The molecule has 0 aliphatic rings. The minimum absolute atomic E-state index is 0.0783. The van der Waals surface area contributed by atoms with E-state index in [2.05, 4.69) is 46.7 Å². The highest BCUT2D eigenvalue weighted by atomic mass is 79.9. The Morgan fingerprint density at radius 1 is 1.25 bits per heavy atom. The zero-order valence-electron chi connectivity index (χ0n) is 9.49. The lowest BCUT2D eigenvalue weighted by molar-refractivity contribution is 0.539. The van der Waals surface area contributed by atoms with Crippen LogP contribution in [0.2, 0.25) is 0 Å². The molecular weight excluding hydrogens is 268 g/mol. The molecule has 16 heavy (non-hydrogen) atoms. The van der Waals surface area contributed by atoms with E-state index in [-0.39, 0.29) is 5.41 Å². The van der Waals surface area contributed by atoms with Gasteiger partial charge in [0.1, 0.15) is 16.1 Å². The van der Waals surface area contributed by atoms with Crippen molar-refractivity contribution >= 4 is 15.9 Å². The third-order valence-electron chi connectivity index (χ3n) is 2.14. The van der Waals surface area contributed by atoms with E-state index in [4.69, 9.17) is 4.42 Å². The molecule has 0 unspecified atom stereocenters. The lowest BCUT2D eigenvalue weighted by Crippen LogP contribution is -2.16. The minimum atomic E-state index is -0.0783. The number of hydrogen-bond donors (Lipinski definition) is 0. The molecule has 0 aliphatic carbocycles. The van der Waals surface area contributed by atoms with E-state index in [9.17, 15) is 0 Å². The summed E-state index contributed by atoms with van der Waals surface area (Å²) in [6.45, 7) is 6.25. The summed E-state index contributed by atoms with van der Waals surface area (Å²) < 4.78 is 6.11. The van der Waals surface area contributed by atoms with Crippen LogP contribution in [-0.4, -0.2) is 9.97 Å². The second-order valence-corrected chi connectivity index (χ2v) is 5.44. The molecule has 84 valence electrons. The Morgan fingerprint density at radius 3 is 2.56 bits per heavy atom. The Kier molecular flexibility index (Phi) is 2.84. The van der Waals surface area contributed by atoms with Crippen LogP contribution < -0.4 is 0 Å². The highest BCUT2D eigenvalue weighted by Gasteiger charge is 2.19. The largest absolute Gasteiger partial charge is 0.463 e. The Labute approximate surface area is 103 Å². The van der Waals surface area contributed by atoms with Crippen LogP contribution in [-0.2, 0) is 5.41 Å². The van der Waals surface area contributed by atoms with Gasteiger partial charge in [0.25, 0.3) is 0 Å². The van der Waals surface area contributed by atoms with Crippen LogP contribution >= 0.6 is 15.9 Å². The van der Waals surface area contributed by atoms with Crippen LogP contribution in [0.5, 0.6) is 0 Å². The molecule has 2 rings (SSSR count). The lowest BCUT2D eigenvalue weighted by Gasteiger charge is -2.17. The van der Waals surface area contributed by atoms with Crippen LogP contribution in [0.1, 0.15) is 26.6 Å². The van der Waals surface area contributed by atoms with E-state index in [1.807, 2.05) is 18.2 Å². The van der Waals surface area contributed by atoms with Crippen molar-refractivity contribution in [3.63, 3.8) is 0 Å². The number of halogens is 1. The first kappa shape index (κ1) is 11.3. The van der Waals surface area contributed by atoms with Gasteiger partial charge in [-0.05, 0) is 28.1 Å². The number of hydrogen-bond acceptors (Lipinski definition) is 3. The van der Waals surface area contributed by atoms with Gasteiger partial charge in [-0.3, -0.25) is 0 Å². The zero-order valence-corrected chi connectivity index (χ0v) is 11.1. The second kappa shape index (κ2) is 4.01. The third-order valence-corrected chi connectivity index (χ3v) is 2.55. The van der Waals surface area contributed by atoms with Crippen molar-refractivity contribution in [1.29, 1.82) is 0 Å². The first-order valence-corrected chi connectivity index (χ1v) is 5.85. The van der Waals surface area contributed by atoms with Crippen molar-refractivity contribution in [2.75, 3.05) is 0 Å². The molecular formula is C12H13BrN2O. The Morgan fingerprint density at radius 2 is 2.00 bits per heavy atom. The van der Waals surface area contributed by atoms with Gasteiger partial charge in [0.2, 0.25) is 0 Å². The minimum Gasteiger partial charge on any atom is -0.463 e. The predicted molar refractivity (Wildman–Crippen MR) is 66.1 cm³/mol. The zero-order chi connectivity index (χ0) is 11.8. The molecule has 4 heteroatoms. The molecule has 0 saturated heterocycles. The number of rotatable bonds is 1. The Balaban J connectivity index is 2.53. The standard InChI is InChI=1S/C12H13BrN2O/c1-12(2,3)11-14-8(7-10(13)15-11)9-5-4-6-16-9/h4-7H,1-3H3. The van der Waals surface area contributed by atoms with Gasteiger partial charge in [-0.1, -0.05) is 20.8 Å². The molecule has 0 N–H and O–H groups in total. The first-order chi connectivity index (χ1) is 7.47. The molecule has 2 heterocycles. The van der Waals surface area contributed by atoms with Crippen LogP contribution in [0.15, 0.2) is 33.5 Å². The fraction of sp³-hybridized carbons (Fsp3) is 0.333. The van der Waals surface area contributed by atoms with Gasteiger partial charge in [0.15, 0.2) is 5.76 Å². The first-order valence-electron chi connectivity index (χ1n) is 5.06. The average molecular weight is 281 g/mol. The van der Waals surface area contributed by atoms with Crippen molar-refractivity contribution in [3.8, 4) is 11.5 Å². The van der Waals surface area contributed by atoms with Gasteiger partial charge in [-0.15, -0.1) is 0 Å². The molecule has 0 spiro atoms. The van der Waals surface area contributed by atoms with E-state index in [0.717, 1.165) is 21.9 Å². The maximum atomic E-state index is 5.33. The Hall–Kier alpha value is -1.16. The number of aromatic nitrogens is 2. The topological polar surface area (TPSA) is 38.9 Å². The average Bonchev–Trinajstić information content (AvgIpc) is 2.68. The summed E-state index contributed by atoms with van der Waals surface area (Å²) in [5, 5.41) is 0. The molecule has 0 amide bonds. The molecule has 0 fully saturated rings. The molecule has 0 saturated carbocycles. The van der Waals surface area contributed by atoms with Crippen LogP contribution in [0.25, 0.3) is 11.5 Å². The summed E-state index contributed by atoms with van der Waals surface area (Å²) in [5.74, 6) is 1.56. The fourth-order valence-electron chi connectivity index (χ4n) is 1.30. The maximum Gasteiger partial charge on any atom is 0.152 e. The molecule has 3 nitrogen and oxygen atoms in total. The monoisotopic (exact) mass is 280 g/mol. The number of furan rings is 1. The van der Waals surface area contributed by atoms with Gasteiger partial charge in [0.05, 0.1) is 6.26 Å². The summed E-state index contributed by atoms with van der Waals surface area (Å²) in [5.41, 5.74) is 0.724. The summed E-state index contributed by atoms with van der Waals surface area (Å²) in [4.78, 5) is 8.89. The summed E-state index contributed by atoms with van der Waals surface area (Å²) in [6, 6.07) is 5.59. The molecule has 0 bridgehead atoms. The highest BCUT2D eigenvalue weighted by molar-refractivity contribution is 9.10. The molecule has 0 aliphatic heterocycles. The van der Waals surface area contributed by atoms with E-state index in [0.29, 0.717) is 0 Å². The SMILES string of the molecule is CC(C)(C)c1nc(Br)cc(-c2ccco2)n1. The summed E-state index contributed by atoms with van der Waals surface area (Å²) >= 11 is 3.40. The van der Waals surface area contributed by atoms with Crippen molar-refractivity contribution < 1.29 is 4.42 Å². The van der Waals surface area contributed by atoms with Gasteiger partial charge in [-0.2, -0.15) is 0 Å². The van der Waals surface area contributed by atoms with Crippen molar-refractivity contribution in [3.05, 3.63) is 34.9 Å². The molecule has 0 atom stereocenters. The van der Waals surface area contributed by atoms with E-state index >= 15 is 0 Å². The summed E-state index contributed by atoms with van der Waals surface area (Å²) in [6.07, 6.45) is 1.64. The van der Waals surface area contributed by atoms with Crippen molar-refractivity contribution in [2.45, 2.75) is 26.2 Å². The van der Waals surface area contributed by atoms with Gasteiger partial charge < -0.3 is 4.42 Å². The fourth-order valence-corrected chi connectivity index (χ4v) is 1.69. The van der Waals surface area contributed by atoms with Gasteiger partial charge in [0, 0.05) is 11.5 Å². The van der Waals surface area contributed by atoms with Crippen molar-refractivity contribution in [2.24, 2.45) is 0 Å².